The summed E-state index contributed by atoms with van der Waals surface area (Å²) in [5.74, 6) is 0.955. The van der Waals surface area contributed by atoms with Crippen molar-refractivity contribution in [1.82, 2.24) is 10.3 Å². The van der Waals surface area contributed by atoms with E-state index in [1.165, 1.54) is 10.6 Å². The second kappa shape index (κ2) is 8.80. The van der Waals surface area contributed by atoms with E-state index in [9.17, 15) is 0 Å². The molecule has 2 aromatic rings. The van der Waals surface area contributed by atoms with Crippen molar-refractivity contribution in [2.75, 3.05) is 13.2 Å². The average molecular weight is 304 g/mol. The van der Waals surface area contributed by atoms with Gasteiger partial charge in [-0.15, -0.1) is 11.3 Å². The van der Waals surface area contributed by atoms with Gasteiger partial charge in [0.1, 0.15) is 5.75 Å². The molecule has 0 aliphatic rings. The van der Waals surface area contributed by atoms with Gasteiger partial charge in [-0.3, -0.25) is 0 Å². The number of aromatic nitrogens is 1. The first-order chi connectivity index (χ1) is 10.3. The summed E-state index contributed by atoms with van der Waals surface area (Å²) in [6.45, 7) is 6.06. The third-order valence-corrected chi connectivity index (χ3v) is 4.16. The second-order valence-corrected chi connectivity index (χ2v) is 5.99. The largest absolute Gasteiger partial charge is 0.494 e. The maximum Gasteiger partial charge on any atom is 0.119 e. The Morgan fingerprint density at radius 1 is 1.24 bits per heavy atom. The van der Waals surface area contributed by atoms with Crippen molar-refractivity contribution in [3.8, 4) is 5.75 Å². The second-order valence-electron chi connectivity index (χ2n) is 5.01. The van der Waals surface area contributed by atoms with Gasteiger partial charge in [-0.05, 0) is 30.7 Å². The van der Waals surface area contributed by atoms with Gasteiger partial charge in [-0.1, -0.05) is 32.4 Å². The zero-order chi connectivity index (χ0) is 14.9. The van der Waals surface area contributed by atoms with Crippen LogP contribution < -0.4 is 10.1 Å². The third-order valence-electron chi connectivity index (χ3n) is 3.36. The normalized spacial score (nSPS) is 12.3. The number of hydrogen-bond acceptors (Lipinski definition) is 4. The lowest BCUT2D eigenvalue weighted by Gasteiger charge is -2.17. The highest BCUT2D eigenvalue weighted by molar-refractivity contribution is 7.09. The molecule has 1 unspecified atom stereocenters. The van der Waals surface area contributed by atoms with Crippen molar-refractivity contribution in [3.63, 3.8) is 0 Å². The standard InChI is InChI=1S/C17H24N2OS/c1-3-5-11-20-15-8-6-14(7-9-15)16(18-4-2)13-17-19-10-12-21-17/h6-10,12,16,18H,3-5,11,13H2,1-2H3. The summed E-state index contributed by atoms with van der Waals surface area (Å²) in [6, 6.07) is 8.75. The van der Waals surface area contributed by atoms with Gasteiger partial charge >= 0.3 is 0 Å². The Balaban J connectivity index is 1.99. The maximum absolute atomic E-state index is 5.72. The molecule has 1 N–H and O–H groups in total. The third kappa shape index (κ3) is 5.14. The van der Waals surface area contributed by atoms with Crippen LogP contribution in [-0.2, 0) is 6.42 Å². The van der Waals surface area contributed by atoms with Crippen molar-refractivity contribution < 1.29 is 4.74 Å². The minimum atomic E-state index is 0.311. The van der Waals surface area contributed by atoms with E-state index in [-0.39, 0.29) is 0 Å². The molecule has 0 amide bonds. The molecule has 114 valence electrons. The van der Waals surface area contributed by atoms with Crippen LogP contribution in [0.3, 0.4) is 0 Å². The average Bonchev–Trinajstić information content (AvgIpc) is 3.01. The number of ether oxygens (including phenoxy) is 1. The number of rotatable bonds is 9. The summed E-state index contributed by atoms with van der Waals surface area (Å²) in [6.07, 6.45) is 5.06. The van der Waals surface area contributed by atoms with Crippen molar-refractivity contribution in [2.24, 2.45) is 0 Å². The Hall–Kier alpha value is -1.39. The topological polar surface area (TPSA) is 34.1 Å². The number of hydrogen-bond donors (Lipinski definition) is 1. The van der Waals surface area contributed by atoms with Gasteiger partial charge in [0.15, 0.2) is 0 Å². The highest BCUT2D eigenvalue weighted by atomic mass is 32.1. The molecule has 0 aliphatic carbocycles. The Morgan fingerprint density at radius 3 is 2.67 bits per heavy atom. The molecule has 0 saturated carbocycles. The minimum Gasteiger partial charge on any atom is -0.494 e. The number of benzene rings is 1. The number of likely N-dealkylation sites (N-methyl/N-ethyl adjacent to an activating group) is 1. The highest BCUT2D eigenvalue weighted by Gasteiger charge is 2.12. The van der Waals surface area contributed by atoms with Crippen LogP contribution in [0.15, 0.2) is 35.8 Å². The van der Waals surface area contributed by atoms with Crippen LogP contribution in [0.2, 0.25) is 0 Å². The van der Waals surface area contributed by atoms with Gasteiger partial charge < -0.3 is 10.1 Å². The molecule has 0 spiro atoms. The summed E-state index contributed by atoms with van der Waals surface area (Å²) >= 11 is 1.71. The first kappa shape index (κ1) is 16.0. The molecule has 0 bridgehead atoms. The fraction of sp³-hybridized carbons (Fsp3) is 0.471. The van der Waals surface area contributed by atoms with Crippen LogP contribution in [0.25, 0.3) is 0 Å². The van der Waals surface area contributed by atoms with Gasteiger partial charge in [-0.2, -0.15) is 0 Å². The van der Waals surface area contributed by atoms with E-state index in [2.05, 4.69) is 48.4 Å². The molecule has 2 rings (SSSR count). The lowest BCUT2D eigenvalue weighted by molar-refractivity contribution is 0.309. The van der Waals surface area contributed by atoms with Crippen molar-refractivity contribution in [3.05, 3.63) is 46.4 Å². The van der Waals surface area contributed by atoms with E-state index in [0.717, 1.165) is 38.2 Å². The Kier molecular flexibility index (Phi) is 6.70. The van der Waals surface area contributed by atoms with Crippen LogP contribution in [-0.4, -0.2) is 18.1 Å². The molecule has 0 radical (unpaired) electrons. The monoisotopic (exact) mass is 304 g/mol. The molecule has 1 atom stereocenters. The van der Waals surface area contributed by atoms with Crippen molar-refractivity contribution in [1.29, 1.82) is 0 Å². The zero-order valence-electron chi connectivity index (χ0n) is 12.8. The first-order valence-electron chi connectivity index (χ1n) is 7.68. The number of unbranched alkanes of at least 4 members (excludes halogenated alkanes) is 1. The summed E-state index contributed by atoms with van der Waals surface area (Å²) in [4.78, 5) is 4.39. The van der Waals surface area contributed by atoms with Gasteiger partial charge in [0.2, 0.25) is 0 Å². The van der Waals surface area contributed by atoms with Gasteiger partial charge in [-0.25, -0.2) is 4.98 Å². The van der Waals surface area contributed by atoms with E-state index in [1.54, 1.807) is 11.3 Å². The molecule has 0 aliphatic heterocycles. The minimum absolute atomic E-state index is 0.311. The van der Waals surface area contributed by atoms with Gasteiger partial charge in [0, 0.05) is 24.0 Å². The van der Waals surface area contributed by atoms with Crippen LogP contribution in [0, 0.1) is 0 Å². The Bertz CT molecular complexity index is 496. The molecule has 21 heavy (non-hydrogen) atoms. The van der Waals surface area contributed by atoms with Gasteiger partial charge in [0.05, 0.1) is 11.6 Å². The summed E-state index contributed by atoms with van der Waals surface area (Å²) in [5, 5.41) is 6.74. The number of nitrogens with one attached hydrogen (secondary N) is 1. The lowest BCUT2D eigenvalue weighted by atomic mass is 10.0. The van der Waals surface area contributed by atoms with Crippen LogP contribution in [0.4, 0.5) is 0 Å². The highest BCUT2D eigenvalue weighted by Crippen LogP contribution is 2.22. The van der Waals surface area contributed by atoms with Crippen LogP contribution in [0.5, 0.6) is 5.75 Å². The van der Waals surface area contributed by atoms with Crippen LogP contribution in [0.1, 0.15) is 43.3 Å². The fourth-order valence-electron chi connectivity index (χ4n) is 2.21. The molecule has 3 nitrogen and oxygen atoms in total. The molecule has 1 heterocycles. The molecule has 4 heteroatoms. The van der Waals surface area contributed by atoms with E-state index in [0.29, 0.717) is 6.04 Å². The van der Waals surface area contributed by atoms with Gasteiger partial charge in [0.25, 0.3) is 0 Å². The number of thiazole rings is 1. The van der Waals surface area contributed by atoms with E-state index in [1.807, 2.05) is 11.6 Å². The van der Waals surface area contributed by atoms with Crippen molar-refractivity contribution >= 4 is 11.3 Å². The number of nitrogens with zero attached hydrogens (tertiary/aromatic N) is 1. The zero-order valence-corrected chi connectivity index (χ0v) is 13.7. The molecule has 1 aromatic heterocycles. The summed E-state index contributed by atoms with van der Waals surface area (Å²) in [5.41, 5.74) is 1.29. The summed E-state index contributed by atoms with van der Waals surface area (Å²) < 4.78 is 5.72. The predicted octanol–water partition coefficient (Wildman–Crippen LogP) is 4.22. The quantitative estimate of drug-likeness (QED) is 0.704. The first-order valence-corrected chi connectivity index (χ1v) is 8.56. The molecular weight excluding hydrogens is 280 g/mol. The molecule has 0 saturated heterocycles. The maximum atomic E-state index is 5.72. The van der Waals surface area contributed by atoms with Crippen molar-refractivity contribution in [2.45, 2.75) is 39.2 Å². The Morgan fingerprint density at radius 2 is 2.05 bits per heavy atom. The SMILES string of the molecule is CCCCOc1ccc(C(Cc2nccs2)NCC)cc1. The van der Waals surface area contributed by atoms with E-state index in [4.69, 9.17) is 4.74 Å². The predicted molar refractivity (Wildman–Crippen MR) is 89.1 cm³/mol. The molecular formula is C17H24N2OS. The summed E-state index contributed by atoms with van der Waals surface area (Å²) in [7, 11) is 0. The van der Waals surface area contributed by atoms with Crippen LogP contribution >= 0.6 is 11.3 Å². The lowest BCUT2D eigenvalue weighted by Crippen LogP contribution is -2.22. The molecule has 0 fully saturated rings. The Labute approximate surface area is 131 Å². The fourth-order valence-corrected chi connectivity index (χ4v) is 2.88. The molecule has 1 aromatic carbocycles. The van der Waals surface area contributed by atoms with E-state index < -0.39 is 0 Å². The van der Waals surface area contributed by atoms with E-state index >= 15 is 0 Å². The smallest absolute Gasteiger partial charge is 0.119 e.